The van der Waals surface area contributed by atoms with Crippen LogP contribution >= 0.6 is 0 Å². The van der Waals surface area contributed by atoms with Crippen molar-refractivity contribution in [2.75, 3.05) is 16.1 Å². The molecule has 116 valence electrons. The zero-order valence-corrected chi connectivity index (χ0v) is 12.4. The topological polar surface area (TPSA) is 101 Å². The Bertz CT molecular complexity index is 596. The van der Waals surface area contributed by atoms with Gasteiger partial charge in [-0.15, -0.1) is 0 Å². The van der Waals surface area contributed by atoms with E-state index in [-0.39, 0.29) is 0 Å². The van der Waals surface area contributed by atoms with Gasteiger partial charge in [0.25, 0.3) is 0 Å². The Morgan fingerprint density at radius 1 is 0.864 bits per heavy atom. The molecule has 7 nitrogen and oxygen atoms in total. The Morgan fingerprint density at radius 3 is 2.27 bits per heavy atom. The summed E-state index contributed by atoms with van der Waals surface area (Å²) >= 11 is 0. The molecule has 0 saturated heterocycles. The van der Waals surface area contributed by atoms with Gasteiger partial charge in [-0.05, 0) is 25.0 Å². The van der Waals surface area contributed by atoms with Crippen molar-refractivity contribution in [3.8, 4) is 0 Å². The Balaban J connectivity index is 1.76. The molecule has 1 heterocycles. The Morgan fingerprint density at radius 2 is 1.55 bits per heavy atom. The zero-order chi connectivity index (χ0) is 15.2. The standard InChI is InChI=1S/C15H21N7/c16-22-15-20-13(17-11-7-3-1-4-8-11)19-14(21-15)18-12-9-5-2-6-10-12/h1,3-4,7-8,12H,2,5-6,9-10,16H2,(H3,17,18,19,20,21,22). The second-order valence-corrected chi connectivity index (χ2v) is 5.42. The van der Waals surface area contributed by atoms with Crippen LogP contribution in [0.15, 0.2) is 30.3 Å². The number of anilines is 4. The van der Waals surface area contributed by atoms with Crippen LogP contribution in [0.25, 0.3) is 0 Å². The highest BCUT2D eigenvalue weighted by Gasteiger charge is 2.15. The van der Waals surface area contributed by atoms with E-state index in [1.807, 2.05) is 30.3 Å². The summed E-state index contributed by atoms with van der Waals surface area (Å²) in [6, 6.07) is 10.2. The minimum Gasteiger partial charge on any atom is -0.351 e. The number of hydrogen-bond acceptors (Lipinski definition) is 7. The maximum atomic E-state index is 5.46. The molecular formula is C15H21N7. The largest absolute Gasteiger partial charge is 0.351 e. The smallest absolute Gasteiger partial charge is 0.243 e. The van der Waals surface area contributed by atoms with E-state index in [1.165, 1.54) is 19.3 Å². The Labute approximate surface area is 129 Å². The highest BCUT2D eigenvalue weighted by Crippen LogP contribution is 2.21. The molecule has 0 aliphatic heterocycles. The molecule has 1 saturated carbocycles. The lowest BCUT2D eigenvalue weighted by Crippen LogP contribution is -2.24. The third kappa shape index (κ3) is 3.82. The van der Waals surface area contributed by atoms with Crippen LogP contribution in [-0.2, 0) is 0 Å². The predicted molar refractivity (Wildman–Crippen MR) is 87.9 cm³/mol. The van der Waals surface area contributed by atoms with E-state index in [4.69, 9.17) is 5.84 Å². The number of nitrogens with two attached hydrogens (primary N) is 1. The molecule has 7 heteroatoms. The van der Waals surface area contributed by atoms with Crippen molar-refractivity contribution in [3.63, 3.8) is 0 Å². The number of aromatic nitrogens is 3. The Kier molecular flexibility index (Phi) is 4.65. The predicted octanol–water partition coefficient (Wildman–Crippen LogP) is 2.65. The first-order valence-electron chi connectivity index (χ1n) is 7.65. The zero-order valence-electron chi connectivity index (χ0n) is 12.4. The maximum absolute atomic E-state index is 5.46. The van der Waals surface area contributed by atoms with Gasteiger partial charge in [-0.25, -0.2) is 5.84 Å². The van der Waals surface area contributed by atoms with Gasteiger partial charge in [0, 0.05) is 11.7 Å². The number of rotatable bonds is 5. The molecule has 0 radical (unpaired) electrons. The van der Waals surface area contributed by atoms with Crippen LogP contribution < -0.4 is 21.9 Å². The molecule has 0 amide bonds. The van der Waals surface area contributed by atoms with E-state index >= 15 is 0 Å². The van der Waals surface area contributed by atoms with Gasteiger partial charge in [-0.1, -0.05) is 37.5 Å². The van der Waals surface area contributed by atoms with Crippen LogP contribution in [0.2, 0.25) is 0 Å². The summed E-state index contributed by atoms with van der Waals surface area (Å²) in [5.74, 6) is 6.81. The molecule has 1 fully saturated rings. The highest BCUT2D eigenvalue weighted by atomic mass is 15.3. The van der Waals surface area contributed by atoms with Crippen molar-refractivity contribution in [2.24, 2.45) is 5.84 Å². The molecule has 1 aromatic carbocycles. The monoisotopic (exact) mass is 299 g/mol. The average molecular weight is 299 g/mol. The fourth-order valence-corrected chi connectivity index (χ4v) is 2.64. The van der Waals surface area contributed by atoms with Crippen LogP contribution in [0.1, 0.15) is 32.1 Å². The molecule has 2 aromatic rings. The fourth-order valence-electron chi connectivity index (χ4n) is 2.64. The maximum Gasteiger partial charge on any atom is 0.243 e. The summed E-state index contributed by atoms with van der Waals surface area (Å²) in [6.07, 6.45) is 6.11. The minimum absolute atomic E-state index is 0.340. The number of nitrogens with one attached hydrogen (secondary N) is 3. The van der Waals surface area contributed by atoms with Gasteiger partial charge in [0.1, 0.15) is 0 Å². The van der Waals surface area contributed by atoms with Gasteiger partial charge in [-0.2, -0.15) is 15.0 Å². The van der Waals surface area contributed by atoms with E-state index in [1.54, 1.807) is 0 Å². The molecule has 5 N–H and O–H groups in total. The van der Waals surface area contributed by atoms with Gasteiger partial charge in [0.15, 0.2) is 0 Å². The van der Waals surface area contributed by atoms with Gasteiger partial charge in [-0.3, -0.25) is 5.43 Å². The minimum atomic E-state index is 0.340. The molecule has 0 unspecified atom stereocenters. The summed E-state index contributed by atoms with van der Waals surface area (Å²) in [6.45, 7) is 0. The molecule has 0 atom stereocenters. The molecule has 3 rings (SSSR count). The second-order valence-electron chi connectivity index (χ2n) is 5.42. The van der Waals surface area contributed by atoms with Crippen molar-refractivity contribution >= 4 is 23.5 Å². The van der Waals surface area contributed by atoms with E-state index < -0.39 is 0 Å². The lowest BCUT2D eigenvalue weighted by molar-refractivity contribution is 0.461. The van der Waals surface area contributed by atoms with Gasteiger partial charge in [0.2, 0.25) is 17.8 Å². The van der Waals surface area contributed by atoms with E-state index in [2.05, 4.69) is 31.0 Å². The quantitative estimate of drug-likeness (QED) is 0.497. The first kappa shape index (κ1) is 14.5. The summed E-state index contributed by atoms with van der Waals surface area (Å²) in [5, 5.41) is 6.54. The molecule has 1 aliphatic rings. The molecule has 0 bridgehead atoms. The van der Waals surface area contributed by atoms with Crippen molar-refractivity contribution in [1.29, 1.82) is 0 Å². The third-order valence-corrected chi connectivity index (χ3v) is 3.73. The van der Waals surface area contributed by atoms with Gasteiger partial charge >= 0.3 is 0 Å². The summed E-state index contributed by atoms with van der Waals surface area (Å²) < 4.78 is 0. The number of nitrogens with zero attached hydrogens (tertiary/aromatic N) is 3. The normalized spacial score (nSPS) is 15.3. The number of para-hydroxylation sites is 1. The van der Waals surface area contributed by atoms with Gasteiger partial charge in [0.05, 0.1) is 0 Å². The number of hydrogen-bond donors (Lipinski definition) is 4. The van der Waals surface area contributed by atoms with E-state index in [9.17, 15) is 0 Å². The number of hydrazine groups is 1. The summed E-state index contributed by atoms with van der Waals surface area (Å²) in [4.78, 5) is 12.9. The Hall–Kier alpha value is -2.41. The van der Waals surface area contributed by atoms with Crippen molar-refractivity contribution in [2.45, 2.75) is 38.1 Å². The van der Waals surface area contributed by atoms with Crippen molar-refractivity contribution < 1.29 is 0 Å². The number of benzene rings is 1. The summed E-state index contributed by atoms with van der Waals surface area (Å²) in [5.41, 5.74) is 3.41. The van der Waals surface area contributed by atoms with Crippen LogP contribution in [0.3, 0.4) is 0 Å². The molecule has 22 heavy (non-hydrogen) atoms. The lowest BCUT2D eigenvalue weighted by Gasteiger charge is -2.22. The number of nitrogen functional groups attached to an aromatic ring is 1. The third-order valence-electron chi connectivity index (χ3n) is 3.73. The second kappa shape index (κ2) is 7.04. The lowest BCUT2D eigenvalue weighted by atomic mass is 9.96. The molecule has 1 aromatic heterocycles. The van der Waals surface area contributed by atoms with Crippen LogP contribution in [0.4, 0.5) is 23.5 Å². The fraction of sp³-hybridized carbons (Fsp3) is 0.400. The molecule has 1 aliphatic carbocycles. The molecular weight excluding hydrogens is 278 g/mol. The van der Waals surface area contributed by atoms with Crippen molar-refractivity contribution in [3.05, 3.63) is 30.3 Å². The van der Waals surface area contributed by atoms with Crippen LogP contribution in [0.5, 0.6) is 0 Å². The SMILES string of the molecule is NNc1nc(Nc2ccccc2)nc(NC2CCCCC2)n1. The first-order valence-corrected chi connectivity index (χ1v) is 7.65. The first-order chi connectivity index (χ1) is 10.8. The van der Waals surface area contributed by atoms with Crippen molar-refractivity contribution in [1.82, 2.24) is 15.0 Å². The summed E-state index contributed by atoms with van der Waals surface area (Å²) in [7, 11) is 0. The van der Waals surface area contributed by atoms with E-state index in [0.29, 0.717) is 23.9 Å². The van der Waals surface area contributed by atoms with Crippen LogP contribution in [0, 0.1) is 0 Å². The average Bonchev–Trinajstić information content (AvgIpc) is 2.56. The van der Waals surface area contributed by atoms with Crippen LogP contribution in [-0.4, -0.2) is 21.0 Å². The molecule has 0 spiro atoms. The van der Waals surface area contributed by atoms with E-state index in [0.717, 1.165) is 18.5 Å². The highest BCUT2D eigenvalue weighted by molar-refractivity contribution is 5.55. The van der Waals surface area contributed by atoms with Gasteiger partial charge < -0.3 is 10.6 Å².